The molecular weight excluding hydrogens is 498 g/mol. The Morgan fingerprint density at radius 3 is 2.54 bits per heavy atom. The first kappa shape index (κ1) is 24.4. The van der Waals surface area contributed by atoms with E-state index in [1.807, 2.05) is 25.1 Å². The summed E-state index contributed by atoms with van der Waals surface area (Å²) < 4.78 is 78.6. The second kappa shape index (κ2) is 8.10. The molecule has 190 valence electrons. The Kier molecular flexibility index (Phi) is 5.65. The largest absolute Gasteiger partial charge is 0.327 e. The summed E-state index contributed by atoms with van der Waals surface area (Å²) in [5.41, 5.74) is 3.67. The van der Waals surface area contributed by atoms with Crippen molar-refractivity contribution in [3.05, 3.63) is 41.5 Å². The van der Waals surface area contributed by atoms with E-state index in [1.165, 1.54) is 13.3 Å². The first-order valence-corrected chi connectivity index (χ1v) is 14.8. The van der Waals surface area contributed by atoms with Crippen LogP contribution >= 0.6 is 0 Å². The SMILES string of the molecule is Cc1ccc(CN2CCC(S(C)(=O)=O)C2)cc1-c1ccc2c(n1)N(C)S(=O)(=O)N2CC1CC1(F)F. The van der Waals surface area contributed by atoms with Crippen LogP contribution in [0, 0.1) is 12.8 Å². The molecule has 8 nitrogen and oxygen atoms in total. The average molecular weight is 527 g/mol. The number of anilines is 2. The molecule has 3 aliphatic rings. The van der Waals surface area contributed by atoms with Crippen LogP contribution < -0.4 is 8.61 Å². The molecule has 0 bridgehead atoms. The van der Waals surface area contributed by atoms with Gasteiger partial charge < -0.3 is 0 Å². The number of pyridine rings is 1. The first-order chi connectivity index (χ1) is 16.3. The van der Waals surface area contributed by atoms with Crippen molar-refractivity contribution in [1.82, 2.24) is 9.88 Å². The Morgan fingerprint density at radius 1 is 1.20 bits per heavy atom. The molecule has 3 heterocycles. The number of aryl methyl sites for hydroxylation is 1. The van der Waals surface area contributed by atoms with Crippen molar-refractivity contribution in [1.29, 1.82) is 0 Å². The predicted octanol–water partition coefficient (Wildman–Crippen LogP) is 2.83. The van der Waals surface area contributed by atoms with Crippen LogP contribution in [0.2, 0.25) is 0 Å². The van der Waals surface area contributed by atoms with Crippen molar-refractivity contribution >= 4 is 31.6 Å². The number of rotatable bonds is 6. The highest BCUT2D eigenvalue weighted by Gasteiger charge is 2.59. The van der Waals surface area contributed by atoms with Gasteiger partial charge in [0.05, 0.1) is 16.6 Å². The summed E-state index contributed by atoms with van der Waals surface area (Å²) in [4.78, 5) is 6.73. The minimum absolute atomic E-state index is 0.215. The van der Waals surface area contributed by atoms with Gasteiger partial charge in [-0.2, -0.15) is 8.42 Å². The van der Waals surface area contributed by atoms with E-state index in [0.29, 0.717) is 37.4 Å². The van der Waals surface area contributed by atoms with Gasteiger partial charge in [-0.3, -0.25) is 4.90 Å². The van der Waals surface area contributed by atoms with Crippen LogP contribution in [0.25, 0.3) is 11.3 Å². The third-order valence-corrected chi connectivity index (χ3v) is 10.6. The zero-order chi connectivity index (χ0) is 25.3. The molecule has 2 fully saturated rings. The molecule has 0 spiro atoms. The molecular formula is C23H28F2N4O4S2. The van der Waals surface area contributed by atoms with Crippen molar-refractivity contribution in [2.24, 2.45) is 5.92 Å². The van der Waals surface area contributed by atoms with Gasteiger partial charge in [0.25, 0.3) is 5.92 Å². The first-order valence-electron chi connectivity index (χ1n) is 11.4. The molecule has 2 atom stereocenters. The van der Waals surface area contributed by atoms with Gasteiger partial charge in [0, 0.05) is 50.8 Å². The second-order valence-corrected chi connectivity index (χ2v) is 14.0. The zero-order valence-electron chi connectivity index (χ0n) is 19.8. The van der Waals surface area contributed by atoms with Gasteiger partial charge in [-0.1, -0.05) is 12.1 Å². The lowest BCUT2D eigenvalue weighted by molar-refractivity contribution is 0.101. The van der Waals surface area contributed by atoms with E-state index < -0.39 is 31.9 Å². The molecule has 0 N–H and O–H groups in total. The molecule has 5 rings (SSSR count). The van der Waals surface area contributed by atoms with Gasteiger partial charge in [-0.05, 0) is 49.2 Å². The Labute approximate surface area is 204 Å². The number of hydrogen-bond acceptors (Lipinski definition) is 6. The number of aromatic nitrogens is 1. The quantitative estimate of drug-likeness (QED) is 0.575. The van der Waals surface area contributed by atoms with Crippen LogP contribution in [-0.2, 0) is 26.6 Å². The van der Waals surface area contributed by atoms with Gasteiger partial charge in [-0.15, -0.1) is 0 Å². The second-order valence-electron chi connectivity index (χ2n) is 9.83. The molecule has 2 aliphatic heterocycles. The van der Waals surface area contributed by atoms with Crippen molar-refractivity contribution in [2.75, 3.05) is 41.5 Å². The standard InChI is InChI=1S/C23H28F2N4O4S2/c1-15-4-5-16(12-28-9-8-18(14-28)34(3,30)31)10-19(15)20-6-7-21-22(26-20)27(2)35(32,33)29(21)13-17-11-23(17,24)25/h4-7,10,17-18H,8-9,11-14H2,1-3H3. The number of alkyl halides is 2. The monoisotopic (exact) mass is 526 g/mol. The maximum absolute atomic E-state index is 13.5. The molecule has 35 heavy (non-hydrogen) atoms. The summed E-state index contributed by atoms with van der Waals surface area (Å²) in [6.45, 7) is 3.47. The van der Waals surface area contributed by atoms with E-state index in [9.17, 15) is 25.6 Å². The molecule has 0 radical (unpaired) electrons. The lowest BCUT2D eigenvalue weighted by atomic mass is 10.0. The van der Waals surface area contributed by atoms with Crippen molar-refractivity contribution in [2.45, 2.75) is 37.5 Å². The summed E-state index contributed by atoms with van der Waals surface area (Å²) in [5.74, 6) is -3.59. The van der Waals surface area contributed by atoms with E-state index in [1.54, 1.807) is 12.1 Å². The zero-order valence-corrected chi connectivity index (χ0v) is 21.4. The molecule has 1 saturated carbocycles. The fraction of sp³-hybridized carbons (Fsp3) is 0.522. The molecule has 12 heteroatoms. The Morgan fingerprint density at radius 2 is 1.91 bits per heavy atom. The van der Waals surface area contributed by atoms with Crippen molar-refractivity contribution < 1.29 is 25.6 Å². The van der Waals surface area contributed by atoms with E-state index in [-0.39, 0.29) is 24.0 Å². The predicted molar refractivity (Wildman–Crippen MR) is 131 cm³/mol. The summed E-state index contributed by atoms with van der Waals surface area (Å²) >= 11 is 0. The minimum Gasteiger partial charge on any atom is -0.298 e. The molecule has 1 aromatic heterocycles. The lowest BCUT2D eigenvalue weighted by Gasteiger charge is -2.18. The van der Waals surface area contributed by atoms with Gasteiger partial charge in [0.1, 0.15) is 0 Å². The van der Waals surface area contributed by atoms with Crippen LogP contribution in [0.1, 0.15) is 24.0 Å². The fourth-order valence-corrected chi connectivity index (χ4v) is 7.27. The molecule has 2 unspecified atom stereocenters. The average Bonchev–Trinajstić information content (AvgIpc) is 3.08. The van der Waals surface area contributed by atoms with Gasteiger partial charge in [0.2, 0.25) is 0 Å². The number of fused-ring (bicyclic) bond motifs is 1. The highest BCUT2D eigenvalue weighted by atomic mass is 32.2. The number of halogens is 2. The summed E-state index contributed by atoms with van der Waals surface area (Å²) in [6.07, 6.45) is 1.59. The summed E-state index contributed by atoms with van der Waals surface area (Å²) in [6, 6.07) is 9.29. The van der Waals surface area contributed by atoms with Crippen LogP contribution in [-0.4, -0.2) is 70.8 Å². The maximum Gasteiger partial charge on any atom is 0.327 e. The van der Waals surface area contributed by atoms with Crippen molar-refractivity contribution in [3.8, 4) is 11.3 Å². The van der Waals surface area contributed by atoms with Gasteiger partial charge in [0.15, 0.2) is 15.7 Å². The third kappa shape index (κ3) is 4.40. The molecule has 2 aromatic rings. The van der Waals surface area contributed by atoms with Crippen LogP contribution in [0.4, 0.5) is 20.3 Å². The molecule has 0 amide bonds. The Hall–Kier alpha value is -2.31. The van der Waals surface area contributed by atoms with Crippen molar-refractivity contribution in [3.63, 3.8) is 0 Å². The summed E-state index contributed by atoms with van der Waals surface area (Å²) in [7, 11) is -5.66. The number of benzene rings is 1. The maximum atomic E-state index is 13.5. The number of hydrogen-bond donors (Lipinski definition) is 0. The van der Waals surface area contributed by atoms with E-state index in [4.69, 9.17) is 0 Å². The van der Waals surface area contributed by atoms with Gasteiger partial charge >= 0.3 is 10.2 Å². The Bertz CT molecular complexity index is 1400. The lowest BCUT2D eigenvalue weighted by Crippen LogP contribution is -2.37. The van der Waals surface area contributed by atoms with Crippen LogP contribution in [0.3, 0.4) is 0 Å². The molecule has 1 aliphatic carbocycles. The highest BCUT2D eigenvalue weighted by molar-refractivity contribution is 7.94. The van der Waals surface area contributed by atoms with E-state index in [2.05, 4.69) is 9.88 Å². The normalized spacial score (nSPS) is 25.2. The highest BCUT2D eigenvalue weighted by Crippen LogP contribution is 2.51. The number of likely N-dealkylation sites (tertiary alicyclic amines) is 1. The Balaban J connectivity index is 1.41. The van der Waals surface area contributed by atoms with E-state index >= 15 is 0 Å². The molecule has 1 aromatic carbocycles. The number of sulfone groups is 1. The van der Waals surface area contributed by atoms with E-state index in [0.717, 1.165) is 25.3 Å². The number of nitrogens with zero attached hydrogens (tertiary/aromatic N) is 4. The fourth-order valence-electron chi connectivity index (χ4n) is 4.85. The third-order valence-electron chi connectivity index (χ3n) is 7.21. The minimum atomic E-state index is -3.97. The molecule has 1 saturated heterocycles. The topological polar surface area (TPSA) is 90.9 Å². The van der Waals surface area contributed by atoms with Crippen LogP contribution in [0.15, 0.2) is 30.3 Å². The van der Waals surface area contributed by atoms with Gasteiger partial charge in [-0.25, -0.2) is 30.8 Å². The smallest absolute Gasteiger partial charge is 0.298 e. The summed E-state index contributed by atoms with van der Waals surface area (Å²) in [5, 5.41) is -0.346. The van der Waals surface area contributed by atoms with Crippen LogP contribution in [0.5, 0.6) is 0 Å².